The first-order valence-electron chi connectivity index (χ1n) is 9.43. The molecule has 4 heteroatoms. The summed E-state index contributed by atoms with van der Waals surface area (Å²) in [6.07, 6.45) is 3.28. The van der Waals surface area contributed by atoms with Gasteiger partial charge in [-0.3, -0.25) is 4.79 Å². The fourth-order valence-electron chi connectivity index (χ4n) is 3.33. The predicted octanol–water partition coefficient (Wildman–Crippen LogP) is 4.70. The average molecular weight is 352 g/mol. The van der Waals surface area contributed by atoms with Crippen LogP contribution in [0.3, 0.4) is 0 Å². The minimum atomic E-state index is -0.557. The molecule has 0 bridgehead atoms. The SMILES string of the molecule is Cc1ccc(O[C@@H](C)C(=O)Nc2ccc(N3CCCCC3)cc2)c(C)c1. The lowest BCUT2D eigenvalue weighted by molar-refractivity contribution is -0.122. The molecule has 1 fully saturated rings. The van der Waals surface area contributed by atoms with Crippen molar-refractivity contribution >= 4 is 17.3 Å². The molecule has 0 saturated carbocycles. The first-order valence-corrected chi connectivity index (χ1v) is 9.43. The van der Waals surface area contributed by atoms with E-state index in [4.69, 9.17) is 4.74 Å². The van der Waals surface area contributed by atoms with E-state index in [0.717, 1.165) is 30.1 Å². The number of nitrogens with zero attached hydrogens (tertiary/aromatic N) is 1. The van der Waals surface area contributed by atoms with E-state index in [0.29, 0.717) is 0 Å². The van der Waals surface area contributed by atoms with Crippen LogP contribution in [-0.2, 0) is 4.79 Å². The van der Waals surface area contributed by atoms with E-state index >= 15 is 0 Å². The summed E-state index contributed by atoms with van der Waals surface area (Å²) in [7, 11) is 0. The van der Waals surface area contributed by atoms with E-state index in [1.807, 2.05) is 38.1 Å². The van der Waals surface area contributed by atoms with Crippen LogP contribution >= 0.6 is 0 Å². The number of amides is 1. The third-order valence-corrected chi connectivity index (χ3v) is 4.86. The number of ether oxygens (including phenoxy) is 1. The largest absolute Gasteiger partial charge is 0.481 e. The molecule has 0 spiro atoms. The normalized spacial score (nSPS) is 15.4. The highest BCUT2D eigenvalue weighted by Crippen LogP contribution is 2.23. The summed E-state index contributed by atoms with van der Waals surface area (Å²) in [5.41, 5.74) is 4.24. The molecule has 1 atom stereocenters. The Bertz CT molecular complexity index is 749. The average Bonchev–Trinajstić information content (AvgIpc) is 2.65. The second kappa shape index (κ2) is 8.26. The Morgan fingerprint density at radius 3 is 2.38 bits per heavy atom. The molecule has 1 aliphatic heterocycles. The highest BCUT2D eigenvalue weighted by molar-refractivity contribution is 5.94. The van der Waals surface area contributed by atoms with Crippen LogP contribution in [0.4, 0.5) is 11.4 Å². The molecule has 1 aliphatic rings. The summed E-state index contributed by atoms with van der Waals surface area (Å²) in [5.74, 6) is 0.606. The summed E-state index contributed by atoms with van der Waals surface area (Å²) < 4.78 is 5.83. The maximum Gasteiger partial charge on any atom is 0.265 e. The van der Waals surface area contributed by atoms with Gasteiger partial charge < -0.3 is 15.0 Å². The zero-order chi connectivity index (χ0) is 18.5. The van der Waals surface area contributed by atoms with Gasteiger partial charge in [0.15, 0.2) is 6.10 Å². The van der Waals surface area contributed by atoms with E-state index in [-0.39, 0.29) is 5.91 Å². The summed E-state index contributed by atoms with van der Waals surface area (Å²) >= 11 is 0. The van der Waals surface area contributed by atoms with Crippen molar-refractivity contribution in [2.45, 2.75) is 46.1 Å². The number of hydrogen-bond acceptors (Lipinski definition) is 3. The highest BCUT2D eigenvalue weighted by atomic mass is 16.5. The molecule has 1 amide bonds. The number of piperidine rings is 1. The smallest absolute Gasteiger partial charge is 0.265 e. The quantitative estimate of drug-likeness (QED) is 0.848. The second-order valence-corrected chi connectivity index (χ2v) is 7.11. The van der Waals surface area contributed by atoms with Gasteiger partial charge in [-0.2, -0.15) is 0 Å². The third kappa shape index (κ3) is 4.57. The zero-order valence-corrected chi connectivity index (χ0v) is 15.9. The predicted molar refractivity (Wildman–Crippen MR) is 107 cm³/mol. The van der Waals surface area contributed by atoms with Crippen LogP contribution in [0, 0.1) is 13.8 Å². The molecule has 0 radical (unpaired) electrons. The van der Waals surface area contributed by atoms with E-state index in [2.05, 4.69) is 28.4 Å². The summed E-state index contributed by atoms with van der Waals surface area (Å²) in [5, 5.41) is 2.94. The van der Waals surface area contributed by atoms with Gasteiger partial charge in [0.2, 0.25) is 0 Å². The van der Waals surface area contributed by atoms with Gasteiger partial charge in [-0.15, -0.1) is 0 Å². The molecule has 0 aliphatic carbocycles. The van der Waals surface area contributed by atoms with Crippen LogP contribution in [0.1, 0.15) is 37.3 Å². The Labute approximate surface area is 156 Å². The summed E-state index contributed by atoms with van der Waals surface area (Å²) in [6, 6.07) is 14.1. The Kier molecular flexibility index (Phi) is 5.82. The number of hydrogen-bond donors (Lipinski definition) is 1. The van der Waals surface area contributed by atoms with Gasteiger partial charge in [-0.25, -0.2) is 0 Å². The van der Waals surface area contributed by atoms with Gasteiger partial charge >= 0.3 is 0 Å². The van der Waals surface area contributed by atoms with Crippen molar-refractivity contribution in [1.82, 2.24) is 0 Å². The molecule has 3 rings (SSSR count). The first-order chi connectivity index (χ1) is 12.5. The second-order valence-electron chi connectivity index (χ2n) is 7.11. The molecule has 26 heavy (non-hydrogen) atoms. The molecule has 2 aromatic rings. The van der Waals surface area contributed by atoms with Crippen molar-refractivity contribution < 1.29 is 9.53 Å². The van der Waals surface area contributed by atoms with Gasteiger partial charge in [0, 0.05) is 24.5 Å². The molecular formula is C22H28N2O2. The molecule has 0 unspecified atom stereocenters. The Morgan fingerprint density at radius 1 is 1.04 bits per heavy atom. The lowest BCUT2D eigenvalue weighted by Crippen LogP contribution is -2.30. The molecule has 0 aromatic heterocycles. The molecule has 138 valence electrons. The van der Waals surface area contributed by atoms with Crippen LogP contribution in [-0.4, -0.2) is 25.1 Å². The maximum absolute atomic E-state index is 12.4. The van der Waals surface area contributed by atoms with E-state index in [9.17, 15) is 4.79 Å². The fourth-order valence-corrected chi connectivity index (χ4v) is 3.33. The topological polar surface area (TPSA) is 41.6 Å². The molecule has 1 heterocycles. The zero-order valence-electron chi connectivity index (χ0n) is 15.9. The van der Waals surface area contributed by atoms with Crippen LogP contribution in [0.2, 0.25) is 0 Å². The van der Waals surface area contributed by atoms with Crippen molar-refractivity contribution in [3.05, 3.63) is 53.6 Å². The Morgan fingerprint density at radius 2 is 1.73 bits per heavy atom. The Balaban J connectivity index is 1.58. The number of carbonyl (C=O) groups excluding carboxylic acids is 1. The first kappa shape index (κ1) is 18.3. The molecule has 2 aromatic carbocycles. The van der Waals surface area contributed by atoms with Gasteiger partial charge in [0.25, 0.3) is 5.91 Å². The number of carbonyl (C=O) groups is 1. The fraction of sp³-hybridized carbons (Fsp3) is 0.409. The number of aryl methyl sites for hydroxylation is 2. The summed E-state index contributed by atoms with van der Waals surface area (Å²) in [4.78, 5) is 14.8. The maximum atomic E-state index is 12.4. The monoisotopic (exact) mass is 352 g/mol. The molecule has 4 nitrogen and oxygen atoms in total. The van der Waals surface area contributed by atoms with Gasteiger partial charge in [0.1, 0.15) is 5.75 Å². The molecule has 1 saturated heterocycles. The van der Waals surface area contributed by atoms with Crippen LogP contribution in [0.25, 0.3) is 0 Å². The van der Waals surface area contributed by atoms with E-state index in [1.54, 1.807) is 6.92 Å². The Hall–Kier alpha value is -2.49. The van der Waals surface area contributed by atoms with Crippen LogP contribution < -0.4 is 15.0 Å². The lowest BCUT2D eigenvalue weighted by atomic mass is 10.1. The van der Waals surface area contributed by atoms with Gasteiger partial charge in [-0.05, 0) is 75.9 Å². The lowest BCUT2D eigenvalue weighted by Gasteiger charge is -2.28. The number of anilines is 2. The van der Waals surface area contributed by atoms with Gasteiger partial charge in [0.05, 0.1) is 0 Å². The van der Waals surface area contributed by atoms with Crippen molar-refractivity contribution in [1.29, 1.82) is 0 Å². The number of benzene rings is 2. The van der Waals surface area contributed by atoms with Crippen LogP contribution in [0.5, 0.6) is 5.75 Å². The number of rotatable bonds is 5. The van der Waals surface area contributed by atoms with Crippen molar-refractivity contribution in [3.63, 3.8) is 0 Å². The molecular weight excluding hydrogens is 324 g/mol. The highest BCUT2D eigenvalue weighted by Gasteiger charge is 2.16. The van der Waals surface area contributed by atoms with Crippen molar-refractivity contribution in [3.8, 4) is 5.75 Å². The van der Waals surface area contributed by atoms with Crippen LogP contribution in [0.15, 0.2) is 42.5 Å². The number of nitrogens with one attached hydrogen (secondary N) is 1. The van der Waals surface area contributed by atoms with Crippen molar-refractivity contribution in [2.75, 3.05) is 23.3 Å². The minimum absolute atomic E-state index is 0.143. The van der Waals surface area contributed by atoms with E-state index < -0.39 is 6.10 Å². The third-order valence-electron chi connectivity index (χ3n) is 4.86. The standard InChI is InChI=1S/C22H28N2O2/c1-16-7-12-21(17(2)15-16)26-18(3)22(25)23-19-8-10-20(11-9-19)24-13-5-4-6-14-24/h7-12,15,18H,4-6,13-14H2,1-3H3,(H,23,25)/t18-/m0/s1. The molecule has 1 N–H and O–H groups in total. The van der Waals surface area contributed by atoms with E-state index in [1.165, 1.54) is 30.5 Å². The minimum Gasteiger partial charge on any atom is -0.481 e. The van der Waals surface area contributed by atoms with Gasteiger partial charge in [-0.1, -0.05) is 17.7 Å². The summed E-state index contributed by atoms with van der Waals surface area (Å²) in [6.45, 7) is 8.04. The van der Waals surface area contributed by atoms with Crippen molar-refractivity contribution in [2.24, 2.45) is 0 Å².